The standard InChI is InChI=1S/C17H15ClN4O2S2/c1-24-13-7-4-6-12(9-13)19-15(23)20-16-21-22-17(26-16)25-10-11-5-2-3-8-14(11)18/h2-9H,10H2,1H3,(H2,19,20,21,23). The minimum Gasteiger partial charge on any atom is -0.497 e. The van der Waals surface area contributed by atoms with E-state index in [0.717, 1.165) is 14.9 Å². The number of methoxy groups -OCH3 is 1. The highest BCUT2D eigenvalue weighted by molar-refractivity contribution is 8.00. The van der Waals surface area contributed by atoms with Gasteiger partial charge in [0.2, 0.25) is 5.13 Å². The Morgan fingerprint density at radius 3 is 2.85 bits per heavy atom. The summed E-state index contributed by atoms with van der Waals surface area (Å²) in [5.74, 6) is 1.35. The Bertz CT molecular complexity index is 904. The number of nitrogens with zero attached hydrogens (tertiary/aromatic N) is 2. The van der Waals surface area contributed by atoms with E-state index in [1.54, 1.807) is 31.4 Å². The Morgan fingerprint density at radius 1 is 1.19 bits per heavy atom. The number of carbonyl (C=O) groups is 1. The molecule has 0 saturated carbocycles. The van der Waals surface area contributed by atoms with Crippen LogP contribution in [-0.4, -0.2) is 23.3 Å². The van der Waals surface area contributed by atoms with Crippen molar-refractivity contribution in [2.45, 2.75) is 10.1 Å². The second-order valence-electron chi connectivity index (χ2n) is 5.06. The number of nitrogens with one attached hydrogen (secondary N) is 2. The zero-order valence-electron chi connectivity index (χ0n) is 13.7. The smallest absolute Gasteiger partial charge is 0.325 e. The maximum absolute atomic E-state index is 12.1. The summed E-state index contributed by atoms with van der Waals surface area (Å²) < 4.78 is 5.88. The van der Waals surface area contributed by atoms with Gasteiger partial charge in [-0.3, -0.25) is 5.32 Å². The number of amides is 2. The first-order valence-corrected chi connectivity index (χ1v) is 9.74. The van der Waals surface area contributed by atoms with Crippen molar-refractivity contribution in [1.82, 2.24) is 10.2 Å². The molecule has 0 aliphatic heterocycles. The van der Waals surface area contributed by atoms with Crippen molar-refractivity contribution in [2.75, 3.05) is 17.7 Å². The van der Waals surface area contributed by atoms with E-state index in [-0.39, 0.29) is 0 Å². The Hall–Kier alpha value is -2.29. The molecule has 3 rings (SSSR count). The fourth-order valence-corrected chi connectivity index (χ4v) is 4.07. The minimum atomic E-state index is -0.392. The van der Waals surface area contributed by atoms with Crippen LogP contribution in [0.15, 0.2) is 52.9 Å². The molecular weight excluding hydrogens is 392 g/mol. The highest BCUT2D eigenvalue weighted by Crippen LogP contribution is 2.30. The summed E-state index contributed by atoms with van der Waals surface area (Å²) in [6, 6.07) is 14.4. The van der Waals surface area contributed by atoms with Crippen LogP contribution in [0.25, 0.3) is 0 Å². The lowest BCUT2D eigenvalue weighted by atomic mass is 10.2. The molecule has 0 aliphatic rings. The second-order valence-corrected chi connectivity index (χ2v) is 7.67. The van der Waals surface area contributed by atoms with Crippen LogP contribution in [0, 0.1) is 0 Å². The molecule has 0 radical (unpaired) electrons. The number of thioether (sulfide) groups is 1. The minimum absolute atomic E-state index is 0.392. The fraction of sp³-hybridized carbons (Fsp3) is 0.118. The van der Waals surface area contributed by atoms with Crippen molar-refractivity contribution in [3.05, 3.63) is 59.1 Å². The SMILES string of the molecule is COc1cccc(NC(=O)Nc2nnc(SCc3ccccc3Cl)s2)c1. The molecule has 0 aliphatic carbocycles. The van der Waals surface area contributed by atoms with E-state index in [0.29, 0.717) is 22.3 Å². The van der Waals surface area contributed by atoms with Crippen molar-refractivity contribution in [3.63, 3.8) is 0 Å². The molecule has 2 amide bonds. The molecule has 134 valence electrons. The van der Waals surface area contributed by atoms with Gasteiger partial charge < -0.3 is 10.1 Å². The topological polar surface area (TPSA) is 76.1 Å². The number of benzene rings is 2. The van der Waals surface area contributed by atoms with Crippen LogP contribution in [-0.2, 0) is 5.75 Å². The third-order valence-electron chi connectivity index (χ3n) is 3.26. The molecule has 2 aromatic carbocycles. The highest BCUT2D eigenvalue weighted by Gasteiger charge is 2.10. The maximum Gasteiger partial charge on any atom is 0.325 e. The van der Waals surface area contributed by atoms with Crippen molar-refractivity contribution >= 4 is 51.5 Å². The lowest BCUT2D eigenvalue weighted by Crippen LogP contribution is -2.19. The Balaban J connectivity index is 1.54. The number of ether oxygens (including phenoxy) is 1. The van der Waals surface area contributed by atoms with Crippen LogP contribution in [0.5, 0.6) is 5.75 Å². The predicted octanol–water partition coefficient (Wildman–Crippen LogP) is 5.14. The van der Waals surface area contributed by atoms with Gasteiger partial charge in [0.1, 0.15) is 5.75 Å². The molecule has 3 aromatic rings. The lowest BCUT2D eigenvalue weighted by molar-refractivity contribution is 0.262. The van der Waals surface area contributed by atoms with E-state index >= 15 is 0 Å². The van der Waals surface area contributed by atoms with Gasteiger partial charge in [0.15, 0.2) is 4.34 Å². The van der Waals surface area contributed by atoms with Crippen LogP contribution in [0.3, 0.4) is 0 Å². The average Bonchev–Trinajstić information content (AvgIpc) is 3.08. The van der Waals surface area contributed by atoms with Gasteiger partial charge in [0.25, 0.3) is 0 Å². The van der Waals surface area contributed by atoms with E-state index in [9.17, 15) is 4.79 Å². The average molecular weight is 407 g/mol. The first-order valence-electron chi connectivity index (χ1n) is 7.56. The summed E-state index contributed by atoms with van der Waals surface area (Å²) in [5.41, 5.74) is 1.65. The Kier molecular flexibility index (Phi) is 6.32. The third-order valence-corrected chi connectivity index (χ3v) is 5.65. The fourth-order valence-electron chi connectivity index (χ4n) is 2.03. The molecule has 2 N–H and O–H groups in total. The van der Waals surface area contributed by atoms with Crippen molar-refractivity contribution in [2.24, 2.45) is 0 Å². The first kappa shape index (κ1) is 18.5. The first-order chi connectivity index (χ1) is 12.6. The van der Waals surface area contributed by atoms with Gasteiger partial charge in [-0.15, -0.1) is 10.2 Å². The molecule has 0 spiro atoms. The summed E-state index contributed by atoms with van der Waals surface area (Å²) in [4.78, 5) is 12.1. The summed E-state index contributed by atoms with van der Waals surface area (Å²) >= 11 is 8.97. The zero-order chi connectivity index (χ0) is 18.4. The van der Waals surface area contributed by atoms with E-state index in [1.807, 2.05) is 24.3 Å². The van der Waals surface area contributed by atoms with Crippen LogP contribution in [0.2, 0.25) is 5.02 Å². The Labute approximate surface area is 163 Å². The molecule has 0 unspecified atom stereocenters. The van der Waals surface area contributed by atoms with Gasteiger partial charge >= 0.3 is 6.03 Å². The van der Waals surface area contributed by atoms with E-state index in [2.05, 4.69) is 20.8 Å². The van der Waals surface area contributed by atoms with Crippen LogP contribution in [0.1, 0.15) is 5.56 Å². The highest BCUT2D eigenvalue weighted by atomic mass is 35.5. The van der Waals surface area contributed by atoms with E-state index in [1.165, 1.54) is 23.1 Å². The lowest BCUT2D eigenvalue weighted by Gasteiger charge is -2.06. The van der Waals surface area contributed by atoms with Crippen molar-refractivity contribution in [1.29, 1.82) is 0 Å². The second kappa shape index (κ2) is 8.88. The van der Waals surface area contributed by atoms with Crippen molar-refractivity contribution in [3.8, 4) is 5.75 Å². The van der Waals surface area contributed by atoms with Gasteiger partial charge in [-0.1, -0.05) is 59.0 Å². The van der Waals surface area contributed by atoms with E-state index in [4.69, 9.17) is 16.3 Å². The number of rotatable bonds is 6. The molecular formula is C17H15ClN4O2S2. The van der Waals surface area contributed by atoms with Crippen LogP contribution < -0.4 is 15.4 Å². The number of halogens is 1. The normalized spacial score (nSPS) is 10.4. The van der Waals surface area contributed by atoms with Gasteiger partial charge in [0.05, 0.1) is 7.11 Å². The molecule has 0 bridgehead atoms. The van der Waals surface area contributed by atoms with Gasteiger partial charge in [-0.2, -0.15) is 0 Å². The molecule has 0 saturated heterocycles. The molecule has 0 atom stereocenters. The molecule has 9 heteroatoms. The number of hydrogen-bond donors (Lipinski definition) is 2. The predicted molar refractivity (Wildman–Crippen MR) is 107 cm³/mol. The number of carbonyl (C=O) groups excluding carboxylic acids is 1. The van der Waals surface area contributed by atoms with Gasteiger partial charge in [-0.05, 0) is 23.8 Å². The van der Waals surface area contributed by atoms with Crippen LogP contribution >= 0.6 is 34.7 Å². The molecule has 6 nitrogen and oxygen atoms in total. The summed E-state index contributed by atoms with van der Waals surface area (Å²) in [5, 5.41) is 14.6. The zero-order valence-corrected chi connectivity index (χ0v) is 16.1. The van der Waals surface area contributed by atoms with Gasteiger partial charge in [0, 0.05) is 22.5 Å². The maximum atomic E-state index is 12.1. The van der Waals surface area contributed by atoms with E-state index < -0.39 is 6.03 Å². The molecule has 26 heavy (non-hydrogen) atoms. The van der Waals surface area contributed by atoms with Crippen molar-refractivity contribution < 1.29 is 9.53 Å². The quantitative estimate of drug-likeness (QED) is 0.438. The summed E-state index contributed by atoms with van der Waals surface area (Å²) in [6.07, 6.45) is 0. The molecule has 0 fully saturated rings. The molecule has 1 heterocycles. The third kappa shape index (κ3) is 5.10. The number of aromatic nitrogens is 2. The number of urea groups is 1. The Morgan fingerprint density at radius 2 is 2.04 bits per heavy atom. The molecule has 1 aromatic heterocycles. The monoisotopic (exact) mass is 406 g/mol. The summed E-state index contributed by atoms with van der Waals surface area (Å²) in [6.45, 7) is 0. The van der Waals surface area contributed by atoms with Gasteiger partial charge in [-0.25, -0.2) is 4.79 Å². The largest absolute Gasteiger partial charge is 0.497 e. The number of hydrogen-bond acceptors (Lipinski definition) is 6. The summed E-state index contributed by atoms with van der Waals surface area (Å²) in [7, 11) is 1.57. The van der Waals surface area contributed by atoms with Crippen LogP contribution in [0.4, 0.5) is 15.6 Å². The number of anilines is 2.